The standard InChI is InChI=1S/C12H21NO4/c1-9(2)7-13(8-10(14)15)11(16)12(3)5-4-6-17-12/h9H,4-8H2,1-3H3,(H,14,15). The van der Waals surface area contributed by atoms with Crippen molar-refractivity contribution in [3.8, 4) is 0 Å². The van der Waals surface area contributed by atoms with E-state index >= 15 is 0 Å². The third-order valence-electron chi connectivity index (χ3n) is 2.87. The molecule has 0 aromatic rings. The lowest BCUT2D eigenvalue weighted by Gasteiger charge is -2.31. The van der Waals surface area contributed by atoms with Gasteiger partial charge in [0.2, 0.25) is 0 Å². The molecule has 1 aliphatic heterocycles. The van der Waals surface area contributed by atoms with Gasteiger partial charge in [-0.2, -0.15) is 0 Å². The molecule has 1 aliphatic rings. The van der Waals surface area contributed by atoms with Crippen molar-refractivity contribution in [2.24, 2.45) is 5.92 Å². The molecule has 1 atom stereocenters. The Balaban J connectivity index is 2.74. The second kappa shape index (κ2) is 5.49. The van der Waals surface area contributed by atoms with E-state index in [1.165, 1.54) is 4.90 Å². The maximum atomic E-state index is 12.3. The zero-order valence-corrected chi connectivity index (χ0v) is 10.7. The van der Waals surface area contributed by atoms with Crippen LogP contribution in [0.2, 0.25) is 0 Å². The quantitative estimate of drug-likeness (QED) is 0.786. The van der Waals surface area contributed by atoms with Gasteiger partial charge >= 0.3 is 5.97 Å². The number of carbonyl (C=O) groups excluding carboxylic acids is 1. The van der Waals surface area contributed by atoms with Crippen molar-refractivity contribution in [1.82, 2.24) is 4.90 Å². The van der Waals surface area contributed by atoms with Gasteiger partial charge in [-0.3, -0.25) is 9.59 Å². The highest BCUT2D eigenvalue weighted by Gasteiger charge is 2.41. The number of amides is 1. The van der Waals surface area contributed by atoms with Crippen LogP contribution in [0.4, 0.5) is 0 Å². The molecular weight excluding hydrogens is 222 g/mol. The number of aliphatic carboxylic acids is 1. The lowest BCUT2D eigenvalue weighted by Crippen LogP contribution is -2.49. The third-order valence-corrected chi connectivity index (χ3v) is 2.87. The number of carbonyl (C=O) groups is 2. The summed E-state index contributed by atoms with van der Waals surface area (Å²) in [5.41, 5.74) is -0.829. The highest BCUT2D eigenvalue weighted by atomic mass is 16.5. The fourth-order valence-corrected chi connectivity index (χ4v) is 2.11. The van der Waals surface area contributed by atoms with E-state index in [0.29, 0.717) is 19.6 Å². The average molecular weight is 243 g/mol. The maximum Gasteiger partial charge on any atom is 0.323 e. The highest BCUT2D eigenvalue weighted by molar-refractivity contribution is 5.88. The van der Waals surface area contributed by atoms with E-state index < -0.39 is 11.6 Å². The number of ether oxygens (including phenoxy) is 1. The van der Waals surface area contributed by atoms with Crippen LogP contribution < -0.4 is 0 Å². The molecule has 5 nitrogen and oxygen atoms in total. The van der Waals surface area contributed by atoms with Crippen molar-refractivity contribution >= 4 is 11.9 Å². The summed E-state index contributed by atoms with van der Waals surface area (Å²) in [5.74, 6) is -0.949. The van der Waals surface area contributed by atoms with Crippen LogP contribution >= 0.6 is 0 Å². The minimum absolute atomic E-state index is 0.203. The van der Waals surface area contributed by atoms with Crippen LogP contribution in [0.3, 0.4) is 0 Å². The van der Waals surface area contributed by atoms with Crippen LogP contribution in [-0.4, -0.2) is 47.2 Å². The summed E-state index contributed by atoms with van der Waals surface area (Å²) in [6.45, 7) is 6.43. The molecule has 1 heterocycles. The van der Waals surface area contributed by atoms with E-state index in [0.717, 1.165) is 6.42 Å². The Bertz CT molecular complexity index is 295. The van der Waals surface area contributed by atoms with Crippen molar-refractivity contribution in [2.75, 3.05) is 19.7 Å². The molecule has 0 radical (unpaired) electrons. The number of nitrogens with zero attached hydrogens (tertiary/aromatic N) is 1. The van der Waals surface area contributed by atoms with Gasteiger partial charge in [-0.15, -0.1) is 0 Å². The molecule has 1 rings (SSSR count). The molecular formula is C12H21NO4. The summed E-state index contributed by atoms with van der Waals surface area (Å²) in [7, 11) is 0. The van der Waals surface area contributed by atoms with Crippen LogP contribution in [0.25, 0.3) is 0 Å². The maximum absolute atomic E-state index is 12.3. The first-order valence-electron chi connectivity index (χ1n) is 6.00. The Kier molecular flexibility index (Phi) is 4.51. The smallest absolute Gasteiger partial charge is 0.323 e. The van der Waals surface area contributed by atoms with Gasteiger partial charge in [0.15, 0.2) is 0 Å². The van der Waals surface area contributed by atoms with Crippen LogP contribution in [0.5, 0.6) is 0 Å². The monoisotopic (exact) mass is 243 g/mol. The van der Waals surface area contributed by atoms with E-state index in [1.54, 1.807) is 6.92 Å². The average Bonchev–Trinajstić information content (AvgIpc) is 2.63. The minimum Gasteiger partial charge on any atom is -0.480 e. The van der Waals surface area contributed by atoms with Crippen molar-refractivity contribution in [1.29, 1.82) is 0 Å². The summed E-state index contributed by atoms with van der Waals surface area (Å²) >= 11 is 0. The van der Waals surface area contributed by atoms with E-state index in [1.807, 2.05) is 13.8 Å². The SMILES string of the molecule is CC(C)CN(CC(=O)O)C(=O)C1(C)CCCO1. The molecule has 1 N–H and O–H groups in total. The first kappa shape index (κ1) is 14.0. The molecule has 0 spiro atoms. The number of carboxylic acid groups (broad SMARTS) is 1. The largest absolute Gasteiger partial charge is 0.480 e. The molecule has 1 unspecified atom stereocenters. The Hall–Kier alpha value is -1.10. The van der Waals surface area contributed by atoms with Crippen LogP contribution in [0.1, 0.15) is 33.6 Å². The lowest BCUT2D eigenvalue weighted by molar-refractivity contribution is -0.156. The van der Waals surface area contributed by atoms with E-state index in [-0.39, 0.29) is 18.4 Å². The third kappa shape index (κ3) is 3.70. The molecule has 0 aliphatic carbocycles. The Morgan fingerprint density at radius 2 is 2.12 bits per heavy atom. The molecule has 17 heavy (non-hydrogen) atoms. The summed E-state index contributed by atoms with van der Waals surface area (Å²) in [6, 6.07) is 0. The van der Waals surface area contributed by atoms with Crippen LogP contribution in [-0.2, 0) is 14.3 Å². The molecule has 0 aromatic carbocycles. The predicted molar refractivity (Wildman–Crippen MR) is 62.6 cm³/mol. The molecule has 0 saturated carbocycles. The van der Waals surface area contributed by atoms with Crippen molar-refractivity contribution < 1.29 is 19.4 Å². The fraction of sp³-hybridized carbons (Fsp3) is 0.833. The second-order valence-corrected chi connectivity index (χ2v) is 5.16. The van der Waals surface area contributed by atoms with E-state index in [2.05, 4.69) is 0 Å². The highest BCUT2D eigenvalue weighted by Crippen LogP contribution is 2.27. The predicted octanol–water partition coefficient (Wildman–Crippen LogP) is 1.12. The van der Waals surface area contributed by atoms with E-state index in [4.69, 9.17) is 9.84 Å². The number of hydrogen-bond acceptors (Lipinski definition) is 3. The fourth-order valence-electron chi connectivity index (χ4n) is 2.11. The van der Waals surface area contributed by atoms with Gasteiger partial charge in [0.1, 0.15) is 12.1 Å². The van der Waals surface area contributed by atoms with Gasteiger partial charge < -0.3 is 14.7 Å². The summed E-state index contributed by atoms with van der Waals surface area (Å²) < 4.78 is 5.46. The van der Waals surface area contributed by atoms with E-state index in [9.17, 15) is 9.59 Å². The van der Waals surface area contributed by atoms with Gasteiger partial charge in [-0.1, -0.05) is 13.8 Å². The molecule has 1 saturated heterocycles. The normalized spacial score (nSPS) is 24.0. The van der Waals surface area contributed by atoms with Crippen molar-refractivity contribution in [3.63, 3.8) is 0 Å². The first-order chi connectivity index (χ1) is 7.85. The molecule has 1 fully saturated rings. The van der Waals surface area contributed by atoms with Gasteiger partial charge in [-0.05, 0) is 25.7 Å². The Morgan fingerprint density at radius 3 is 2.53 bits per heavy atom. The van der Waals surface area contributed by atoms with Gasteiger partial charge in [0.05, 0.1) is 0 Å². The van der Waals surface area contributed by atoms with Gasteiger partial charge in [0.25, 0.3) is 5.91 Å². The molecule has 98 valence electrons. The molecule has 0 aromatic heterocycles. The van der Waals surface area contributed by atoms with Gasteiger partial charge in [0, 0.05) is 13.2 Å². The Labute approximate surface area is 102 Å². The molecule has 1 amide bonds. The minimum atomic E-state index is -0.986. The number of hydrogen-bond donors (Lipinski definition) is 1. The summed E-state index contributed by atoms with van der Waals surface area (Å²) in [5, 5.41) is 8.84. The van der Waals surface area contributed by atoms with Crippen molar-refractivity contribution in [3.05, 3.63) is 0 Å². The zero-order chi connectivity index (χ0) is 13.1. The van der Waals surface area contributed by atoms with Crippen LogP contribution in [0.15, 0.2) is 0 Å². The Morgan fingerprint density at radius 1 is 1.47 bits per heavy atom. The second-order valence-electron chi connectivity index (χ2n) is 5.16. The number of carboxylic acids is 1. The van der Waals surface area contributed by atoms with Crippen molar-refractivity contribution in [2.45, 2.75) is 39.2 Å². The zero-order valence-electron chi connectivity index (χ0n) is 10.7. The number of rotatable bonds is 5. The summed E-state index contributed by atoms with van der Waals surface area (Å²) in [6.07, 6.45) is 1.52. The first-order valence-corrected chi connectivity index (χ1v) is 6.00. The lowest BCUT2D eigenvalue weighted by atomic mass is 10.0. The molecule has 5 heteroatoms. The molecule has 0 bridgehead atoms. The van der Waals surface area contributed by atoms with Crippen LogP contribution in [0, 0.1) is 5.92 Å². The van der Waals surface area contributed by atoms with Gasteiger partial charge in [-0.25, -0.2) is 0 Å². The summed E-state index contributed by atoms with van der Waals surface area (Å²) in [4.78, 5) is 24.4. The topological polar surface area (TPSA) is 66.8 Å².